The standard InChI is InChI=1S/C8H12O/c1-8-3-2-6(5-8)4-7(8)9/h6H,2-5H2,1H3/t6?,8-/m1/s1. The molecule has 0 radical (unpaired) electrons. The van der Waals surface area contributed by atoms with E-state index in [0.29, 0.717) is 5.78 Å². The number of ketones is 1. The third-order valence-electron chi connectivity index (χ3n) is 2.99. The Bertz CT molecular complexity index is 162. The van der Waals surface area contributed by atoms with E-state index in [4.69, 9.17) is 0 Å². The van der Waals surface area contributed by atoms with Gasteiger partial charge in [0, 0.05) is 11.8 Å². The predicted octanol–water partition coefficient (Wildman–Crippen LogP) is 1.77. The molecular formula is C8H12O. The molecule has 2 aliphatic carbocycles. The van der Waals surface area contributed by atoms with E-state index in [1.54, 1.807) is 0 Å². The third kappa shape index (κ3) is 0.577. The summed E-state index contributed by atoms with van der Waals surface area (Å²) < 4.78 is 0. The van der Waals surface area contributed by atoms with E-state index < -0.39 is 0 Å². The van der Waals surface area contributed by atoms with Crippen LogP contribution in [0.15, 0.2) is 0 Å². The summed E-state index contributed by atoms with van der Waals surface area (Å²) in [6.07, 6.45) is 4.54. The summed E-state index contributed by atoms with van der Waals surface area (Å²) in [6.45, 7) is 2.13. The molecule has 50 valence electrons. The Labute approximate surface area is 55.4 Å². The van der Waals surface area contributed by atoms with Crippen LogP contribution < -0.4 is 0 Å². The van der Waals surface area contributed by atoms with Gasteiger partial charge in [-0.05, 0) is 25.2 Å². The molecule has 0 aromatic heterocycles. The van der Waals surface area contributed by atoms with Crippen molar-refractivity contribution in [2.75, 3.05) is 0 Å². The van der Waals surface area contributed by atoms with Crippen LogP contribution in [0.2, 0.25) is 0 Å². The van der Waals surface area contributed by atoms with Gasteiger partial charge in [-0.15, -0.1) is 0 Å². The van der Waals surface area contributed by atoms with Crippen LogP contribution in [0.25, 0.3) is 0 Å². The van der Waals surface area contributed by atoms with Gasteiger partial charge in [-0.1, -0.05) is 6.92 Å². The number of rotatable bonds is 0. The first-order valence-corrected chi connectivity index (χ1v) is 3.74. The average molecular weight is 124 g/mol. The van der Waals surface area contributed by atoms with Gasteiger partial charge in [0.05, 0.1) is 0 Å². The molecule has 0 N–H and O–H groups in total. The number of hydrogen-bond acceptors (Lipinski definition) is 1. The van der Waals surface area contributed by atoms with Gasteiger partial charge in [0.25, 0.3) is 0 Å². The molecule has 2 saturated carbocycles. The predicted molar refractivity (Wildman–Crippen MR) is 35.1 cm³/mol. The monoisotopic (exact) mass is 124 g/mol. The Balaban J connectivity index is 2.32. The Morgan fingerprint density at radius 3 is 2.67 bits per heavy atom. The smallest absolute Gasteiger partial charge is 0.139 e. The van der Waals surface area contributed by atoms with E-state index in [-0.39, 0.29) is 5.41 Å². The van der Waals surface area contributed by atoms with Crippen molar-refractivity contribution in [3.8, 4) is 0 Å². The zero-order valence-electron chi connectivity index (χ0n) is 5.81. The van der Waals surface area contributed by atoms with Crippen LogP contribution >= 0.6 is 0 Å². The molecule has 0 amide bonds. The molecule has 0 aliphatic heterocycles. The molecule has 9 heavy (non-hydrogen) atoms. The zero-order valence-corrected chi connectivity index (χ0v) is 5.81. The molecule has 1 heteroatoms. The molecular weight excluding hydrogens is 112 g/mol. The molecule has 2 atom stereocenters. The van der Waals surface area contributed by atoms with E-state index in [2.05, 4.69) is 6.92 Å². The topological polar surface area (TPSA) is 17.1 Å². The van der Waals surface area contributed by atoms with Gasteiger partial charge in [0.15, 0.2) is 0 Å². The third-order valence-corrected chi connectivity index (χ3v) is 2.99. The average Bonchev–Trinajstić information content (AvgIpc) is 2.22. The highest BCUT2D eigenvalue weighted by atomic mass is 16.1. The second-order valence-electron chi connectivity index (χ2n) is 3.80. The fraction of sp³-hybridized carbons (Fsp3) is 0.875. The van der Waals surface area contributed by atoms with Crippen molar-refractivity contribution in [3.05, 3.63) is 0 Å². The number of fused-ring (bicyclic) bond motifs is 2. The van der Waals surface area contributed by atoms with Crippen LogP contribution in [0.3, 0.4) is 0 Å². The van der Waals surface area contributed by atoms with Crippen molar-refractivity contribution in [2.24, 2.45) is 11.3 Å². The Morgan fingerprint density at radius 1 is 1.67 bits per heavy atom. The fourth-order valence-corrected chi connectivity index (χ4v) is 2.30. The Morgan fingerprint density at radius 2 is 2.44 bits per heavy atom. The highest BCUT2D eigenvalue weighted by Gasteiger charge is 2.47. The minimum atomic E-state index is 0.130. The normalized spacial score (nSPS) is 48.6. The van der Waals surface area contributed by atoms with E-state index in [0.717, 1.165) is 18.8 Å². The van der Waals surface area contributed by atoms with Gasteiger partial charge < -0.3 is 0 Å². The minimum Gasteiger partial charge on any atom is -0.299 e. The lowest BCUT2D eigenvalue weighted by atomic mass is 9.86. The van der Waals surface area contributed by atoms with Crippen molar-refractivity contribution < 1.29 is 4.79 Å². The van der Waals surface area contributed by atoms with Gasteiger partial charge in [0.1, 0.15) is 5.78 Å². The highest BCUT2D eigenvalue weighted by Crippen LogP contribution is 2.50. The second kappa shape index (κ2) is 1.39. The van der Waals surface area contributed by atoms with E-state index >= 15 is 0 Å². The van der Waals surface area contributed by atoms with Crippen molar-refractivity contribution in [3.63, 3.8) is 0 Å². The lowest BCUT2D eigenvalue weighted by molar-refractivity contribution is -0.126. The minimum absolute atomic E-state index is 0.130. The first-order chi connectivity index (χ1) is 4.21. The first kappa shape index (κ1) is 5.45. The molecule has 1 unspecified atom stereocenters. The van der Waals surface area contributed by atoms with Crippen molar-refractivity contribution in [1.29, 1.82) is 0 Å². The lowest BCUT2D eigenvalue weighted by Crippen LogP contribution is -2.20. The molecule has 0 spiro atoms. The molecule has 0 saturated heterocycles. The van der Waals surface area contributed by atoms with Gasteiger partial charge in [-0.3, -0.25) is 4.79 Å². The summed E-state index contributed by atoms with van der Waals surface area (Å²) in [5.41, 5.74) is 0.130. The van der Waals surface area contributed by atoms with Crippen LogP contribution in [0.4, 0.5) is 0 Å². The Kier molecular flexibility index (Phi) is 0.842. The number of carbonyl (C=O) groups excluding carboxylic acids is 1. The maximum Gasteiger partial charge on any atom is 0.139 e. The fourth-order valence-electron chi connectivity index (χ4n) is 2.30. The van der Waals surface area contributed by atoms with Crippen LogP contribution in [0.1, 0.15) is 32.6 Å². The van der Waals surface area contributed by atoms with Crippen LogP contribution in [0.5, 0.6) is 0 Å². The lowest BCUT2D eigenvalue weighted by Gasteiger charge is -2.17. The first-order valence-electron chi connectivity index (χ1n) is 3.74. The summed E-state index contributed by atoms with van der Waals surface area (Å²) in [5.74, 6) is 1.29. The van der Waals surface area contributed by atoms with E-state index in [1.165, 1.54) is 12.8 Å². The molecule has 1 nitrogen and oxygen atoms in total. The van der Waals surface area contributed by atoms with Gasteiger partial charge >= 0.3 is 0 Å². The quantitative estimate of drug-likeness (QED) is 0.481. The molecule has 2 rings (SSSR count). The molecule has 2 fully saturated rings. The van der Waals surface area contributed by atoms with E-state index in [9.17, 15) is 4.79 Å². The summed E-state index contributed by atoms with van der Waals surface area (Å²) in [4.78, 5) is 11.2. The van der Waals surface area contributed by atoms with Crippen LogP contribution in [-0.2, 0) is 4.79 Å². The second-order valence-corrected chi connectivity index (χ2v) is 3.80. The number of carbonyl (C=O) groups is 1. The van der Waals surface area contributed by atoms with Gasteiger partial charge in [-0.25, -0.2) is 0 Å². The van der Waals surface area contributed by atoms with Crippen molar-refractivity contribution >= 4 is 5.78 Å². The van der Waals surface area contributed by atoms with Gasteiger partial charge in [0.2, 0.25) is 0 Å². The van der Waals surface area contributed by atoms with Crippen molar-refractivity contribution in [1.82, 2.24) is 0 Å². The van der Waals surface area contributed by atoms with Gasteiger partial charge in [-0.2, -0.15) is 0 Å². The highest BCUT2D eigenvalue weighted by molar-refractivity contribution is 5.87. The molecule has 2 aliphatic rings. The van der Waals surface area contributed by atoms with E-state index in [1.807, 2.05) is 0 Å². The summed E-state index contributed by atoms with van der Waals surface area (Å²) in [6, 6.07) is 0. The maximum absolute atomic E-state index is 11.2. The number of hydrogen-bond donors (Lipinski definition) is 0. The Hall–Kier alpha value is -0.330. The molecule has 2 bridgehead atoms. The zero-order chi connectivity index (χ0) is 6.48. The largest absolute Gasteiger partial charge is 0.299 e. The maximum atomic E-state index is 11.2. The molecule has 0 heterocycles. The van der Waals surface area contributed by atoms with Crippen LogP contribution in [0, 0.1) is 11.3 Å². The summed E-state index contributed by atoms with van der Waals surface area (Å²) >= 11 is 0. The molecule has 0 aromatic carbocycles. The van der Waals surface area contributed by atoms with Crippen LogP contribution in [-0.4, -0.2) is 5.78 Å². The summed E-state index contributed by atoms with van der Waals surface area (Å²) in [5, 5.41) is 0. The number of Topliss-reactive ketones (excluding diaryl/α,β-unsaturated/α-hetero) is 1. The molecule has 0 aromatic rings. The SMILES string of the molecule is C[C@]12CCC(CC1=O)C2. The van der Waals surface area contributed by atoms with Crippen molar-refractivity contribution in [2.45, 2.75) is 32.6 Å². The summed E-state index contributed by atoms with van der Waals surface area (Å²) in [7, 11) is 0.